The number of hydrogen-bond donors (Lipinski definition) is 0. The molecule has 1 aromatic carbocycles. The van der Waals surface area contributed by atoms with E-state index < -0.39 is 6.29 Å². The number of nitrogens with zero attached hydrogens (tertiary/aromatic N) is 2. The first-order valence-corrected chi connectivity index (χ1v) is 6.23. The number of carbonyl (C=O) groups is 1. The van der Waals surface area contributed by atoms with Gasteiger partial charge in [0.05, 0.1) is 17.5 Å². The Hall–Kier alpha value is -1.72. The van der Waals surface area contributed by atoms with Crippen LogP contribution in [0.2, 0.25) is 0 Å². The zero-order valence-electron chi connectivity index (χ0n) is 11.4. The number of aromatic nitrogens is 2. The molecule has 2 rings (SSSR count). The van der Waals surface area contributed by atoms with Crippen molar-refractivity contribution >= 4 is 16.8 Å². The van der Waals surface area contributed by atoms with Crippen molar-refractivity contribution in [2.75, 3.05) is 14.2 Å². The molecule has 0 aliphatic carbocycles. The highest BCUT2D eigenvalue weighted by molar-refractivity contribution is 5.85. The molecule has 1 aromatic heterocycles. The average molecular weight is 262 g/mol. The van der Waals surface area contributed by atoms with E-state index in [1.807, 2.05) is 35.8 Å². The van der Waals surface area contributed by atoms with Crippen molar-refractivity contribution in [2.45, 2.75) is 26.2 Å². The van der Waals surface area contributed by atoms with Gasteiger partial charge in [0, 0.05) is 20.8 Å². The second-order valence-corrected chi connectivity index (χ2v) is 4.21. The van der Waals surface area contributed by atoms with Crippen LogP contribution in [0.25, 0.3) is 11.0 Å². The predicted molar refractivity (Wildman–Crippen MR) is 71.9 cm³/mol. The lowest BCUT2D eigenvalue weighted by atomic mass is 10.2. The number of carbonyl (C=O) groups excluding carboxylic acids is 1. The number of aryl methyl sites for hydroxylation is 1. The summed E-state index contributed by atoms with van der Waals surface area (Å²) in [7, 11) is 2.91. The zero-order valence-corrected chi connectivity index (χ0v) is 11.4. The van der Waals surface area contributed by atoms with E-state index in [-0.39, 0.29) is 12.2 Å². The summed E-state index contributed by atoms with van der Waals surface area (Å²) in [6, 6.07) is 7.85. The molecule has 0 saturated carbocycles. The molecule has 102 valence electrons. The molecule has 0 bridgehead atoms. The maximum atomic E-state index is 12.0. The van der Waals surface area contributed by atoms with Crippen molar-refractivity contribution in [1.29, 1.82) is 0 Å². The van der Waals surface area contributed by atoms with Crippen LogP contribution in [-0.2, 0) is 27.2 Å². The average Bonchev–Trinajstić information content (AvgIpc) is 2.77. The Morgan fingerprint density at radius 2 is 2.00 bits per heavy atom. The van der Waals surface area contributed by atoms with E-state index in [4.69, 9.17) is 9.47 Å². The number of benzene rings is 1. The molecular formula is C14H18N2O3. The monoisotopic (exact) mass is 262 g/mol. The summed E-state index contributed by atoms with van der Waals surface area (Å²) in [5.74, 6) is 0.614. The highest BCUT2D eigenvalue weighted by atomic mass is 16.7. The maximum absolute atomic E-state index is 12.0. The topological polar surface area (TPSA) is 53.4 Å². The van der Waals surface area contributed by atoms with E-state index in [0.29, 0.717) is 0 Å². The molecule has 0 aliphatic heterocycles. The molecule has 0 atom stereocenters. The van der Waals surface area contributed by atoms with Crippen LogP contribution in [0, 0.1) is 0 Å². The fourth-order valence-electron chi connectivity index (χ4n) is 2.21. The van der Waals surface area contributed by atoms with Gasteiger partial charge >= 0.3 is 0 Å². The molecule has 0 radical (unpaired) electrons. The van der Waals surface area contributed by atoms with E-state index in [9.17, 15) is 4.79 Å². The number of hydrogen-bond acceptors (Lipinski definition) is 4. The smallest absolute Gasteiger partial charge is 0.217 e. The number of ether oxygens (including phenoxy) is 2. The van der Waals surface area contributed by atoms with Crippen molar-refractivity contribution in [3.8, 4) is 0 Å². The van der Waals surface area contributed by atoms with Gasteiger partial charge in [-0.1, -0.05) is 12.1 Å². The van der Waals surface area contributed by atoms with Crippen LogP contribution in [0.5, 0.6) is 0 Å². The summed E-state index contributed by atoms with van der Waals surface area (Å²) in [4.78, 5) is 16.5. The first-order chi connectivity index (χ1) is 9.21. The SMILES string of the molecule is CCn1c(CC(=O)C(OC)OC)nc2ccccc21. The minimum atomic E-state index is -0.829. The predicted octanol–water partition coefficient (Wildman–Crippen LogP) is 1.79. The molecule has 0 spiro atoms. The minimum Gasteiger partial charge on any atom is -0.349 e. The summed E-state index contributed by atoms with van der Waals surface area (Å²) < 4.78 is 12.0. The summed E-state index contributed by atoms with van der Waals surface area (Å²) in [5, 5.41) is 0. The Bertz CT molecular complexity index is 573. The van der Waals surface area contributed by atoms with E-state index >= 15 is 0 Å². The quantitative estimate of drug-likeness (QED) is 0.745. The van der Waals surface area contributed by atoms with Crippen LogP contribution >= 0.6 is 0 Å². The van der Waals surface area contributed by atoms with Gasteiger partial charge < -0.3 is 14.0 Å². The van der Waals surface area contributed by atoms with Crippen molar-refractivity contribution in [2.24, 2.45) is 0 Å². The fraction of sp³-hybridized carbons (Fsp3) is 0.429. The molecule has 0 unspecified atom stereocenters. The Balaban J connectivity index is 2.32. The summed E-state index contributed by atoms with van der Waals surface area (Å²) >= 11 is 0. The van der Waals surface area contributed by atoms with E-state index in [1.165, 1.54) is 14.2 Å². The van der Waals surface area contributed by atoms with Gasteiger partial charge in [0.2, 0.25) is 6.29 Å². The molecule has 0 saturated heterocycles. The Labute approximate surface area is 112 Å². The third kappa shape index (κ3) is 2.67. The van der Waals surface area contributed by atoms with Gasteiger partial charge in [0.1, 0.15) is 5.82 Å². The summed E-state index contributed by atoms with van der Waals surface area (Å²) in [6.07, 6.45) is -0.625. The molecule has 2 aromatic rings. The molecule has 0 fully saturated rings. The van der Waals surface area contributed by atoms with Crippen molar-refractivity contribution < 1.29 is 14.3 Å². The number of ketones is 1. The number of para-hydroxylation sites is 2. The van der Waals surface area contributed by atoms with Crippen LogP contribution < -0.4 is 0 Å². The van der Waals surface area contributed by atoms with E-state index in [2.05, 4.69) is 4.98 Å². The van der Waals surface area contributed by atoms with Crippen LogP contribution in [0.4, 0.5) is 0 Å². The molecule has 1 heterocycles. The van der Waals surface area contributed by atoms with Gasteiger partial charge in [-0.3, -0.25) is 4.79 Å². The van der Waals surface area contributed by atoms with Crippen LogP contribution in [-0.4, -0.2) is 35.8 Å². The van der Waals surface area contributed by atoms with Gasteiger partial charge in [-0.05, 0) is 19.1 Å². The highest BCUT2D eigenvalue weighted by Gasteiger charge is 2.20. The number of rotatable bonds is 6. The molecule has 0 amide bonds. The number of imidazole rings is 1. The van der Waals surface area contributed by atoms with Crippen molar-refractivity contribution in [1.82, 2.24) is 9.55 Å². The van der Waals surface area contributed by atoms with Gasteiger partial charge in [-0.15, -0.1) is 0 Å². The molecule has 0 aliphatic rings. The van der Waals surface area contributed by atoms with Gasteiger partial charge in [0.25, 0.3) is 0 Å². The molecular weight excluding hydrogens is 244 g/mol. The summed E-state index contributed by atoms with van der Waals surface area (Å²) in [5.41, 5.74) is 1.94. The fourth-order valence-corrected chi connectivity index (χ4v) is 2.21. The highest BCUT2D eigenvalue weighted by Crippen LogP contribution is 2.17. The van der Waals surface area contributed by atoms with Gasteiger partial charge in [-0.25, -0.2) is 4.98 Å². The van der Waals surface area contributed by atoms with Crippen LogP contribution in [0.3, 0.4) is 0 Å². The van der Waals surface area contributed by atoms with Gasteiger partial charge in [-0.2, -0.15) is 0 Å². The molecule has 5 nitrogen and oxygen atoms in total. The third-order valence-electron chi connectivity index (χ3n) is 3.07. The van der Waals surface area contributed by atoms with E-state index in [0.717, 1.165) is 23.4 Å². The Kier molecular flexibility index (Phi) is 4.29. The second-order valence-electron chi connectivity index (χ2n) is 4.21. The standard InChI is InChI=1S/C14H18N2O3/c1-4-16-11-8-6-5-7-10(11)15-13(16)9-12(17)14(18-2)19-3/h5-8,14H,4,9H2,1-3H3. The molecule has 5 heteroatoms. The van der Waals surface area contributed by atoms with Gasteiger partial charge in [0.15, 0.2) is 5.78 Å². The lowest BCUT2D eigenvalue weighted by Gasteiger charge is -2.12. The Morgan fingerprint density at radius 3 is 2.63 bits per heavy atom. The van der Waals surface area contributed by atoms with Crippen molar-refractivity contribution in [3.05, 3.63) is 30.1 Å². The second kappa shape index (κ2) is 5.95. The number of Topliss-reactive ketones (excluding diaryl/α,β-unsaturated/α-hetero) is 1. The summed E-state index contributed by atoms with van der Waals surface area (Å²) in [6.45, 7) is 2.81. The largest absolute Gasteiger partial charge is 0.349 e. The first kappa shape index (κ1) is 13.7. The third-order valence-corrected chi connectivity index (χ3v) is 3.07. The molecule has 19 heavy (non-hydrogen) atoms. The van der Waals surface area contributed by atoms with Crippen molar-refractivity contribution in [3.63, 3.8) is 0 Å². The molecule has 0 N–H and O–H groups in total. The maximum Gasteiger partial charge on any atom is 0.217 e. The number of methoxy groups -OCH3 is 2. The van der Waals surface area contributed by atoms with E-state index in [1.54, 1.807) is 0 Å². The zero-order chi connectivity index (χ0) is 13.8. The lowest BCUT2D eigenvalue weighted by Crippen LogP contribution is -2.27. The van der Waals surface area contributed by atoms with Crippen LogP contribution in [0.1, 0.15) is 12.7 Å². The first-order valence-electron chi connectivity index (χ1n) is 6.23. The lowest BCUT2D eigenvalue weighted by molar-refractivity contribution is -0.156. The Morgan fingerprint density at radius 1 is 1.32 bits per heavy atom. The minimum absolute atomic E-state index is 0.130. The normalized spacial score (nSPS) is 11.4. The van der Waals surface area contributed by atoms with Crippen LogP contribution in [0.15, 0.2) is 24.3 Å². The number of fused-ring (bicyclic) bond motifs is 1.